The van der Waals surface area contributed by atoms with Crippen molar-refractivity contribution in [1.29, 1.82) is 0 Å². The van der Waals surface area contributed by atoms with Crippen LogP contribution in [-0.4, -0.2) is 5.11 Å². The zero-order chi connectivity index (χ0) is 11.9. The van der Waals surface area contributed by atoms with Crippen molar-refractivity contribution < 1.29 is 5.11 Å². The van der Waals surface area contributed by atoms with Gasteiger partial charge in [-0.15, -0.1) is 0 Å². The molecule has 0 fully saturated rings. The van der Waals surface area contributed by atoms with Gasteiger partial charge in [-0.05, 0) is 39.9 Å². The van der Waals surface area contributed by atoms with Gasteiger partial charge in [0.15, 0.2) is 0 Å². The average molecular weight is 245 g/mol. The largest absolute Gasteiger partial charge is 0.385 e. The van der Waals surface area contributed by atoms with Gasteiger partial charge in [-0.2, -0.15) is 11.3 Å². The zero-order valence-corrected chi connectivity index (χ0v) is 10.3. The highest BCUT2D eigenvalue weighted by Crippen LogP contribution is 2.43. The molecule has 2 nitrogen and oxygen atoms in total. The Hall–Kier alpha value is -1.16. The van der Waals surface area contributed by atoms with Crippen LogP contribution in [0.2, 0.25) is 0 Å². The summed E-state index contributed by atoms with van der Waals surface area (Å²) in [7, 11) is 0. The SMILES string of the molecule is NC1CC(O)(Cc2ccsc2)c2ccccc21. The molecular weight excluding hydrogens is 230 g/mol. The second-order valence-electron chi connectivity index (χ2n) is 4.74. The Bertz CT molecular complexity index is 523. The molecule has 2 atom stereocenters. The highest BCUT2D eigenvalue weighted by molar-refractivity contribution is 7.07. The minimum absolute atomic E-state index is 0.0464. The number of rotatable bonds is 2. The van der Waals surface area contributed by atoms with Gasteiger partial charge >= 0.3 is 0 Å². The molecule has 2 unspecified atom stereocenters. The maximum atomic E-state index is 10.8. The van der Waals surface area contributed by atoms with Crippen LogP contribution in [0.4, 0.5) is 0 Å². The Kier molecular flexibility index (Phi) is 2.54. The molecule has 3 heteroatoms. The first-order valence-corrected chi connectivity index (χ1v) is 6.72. The summed E-state index contributed by atoms with van der Waals surface area (Å²) in [6.45, 7) is 0. The fourth-order valence-corrected chi connectivity index (χ4v) is 3.39. The smallest absolute Gasteiger partial charge is 0.0958 e. The van der Waals surface area contributed by atoms with Crippen molar-refractivity contribution in [3.63, 3.8) is 0 Å². The van der Waals surface area contributed by atoms with E-state index >= 15 is 0 Å². The van der Waals surface area contributed by atoms with Crippen LogP contribution < -0.4 is 5.73 Å². The monoisotopic (exact) mass is 245 g/mol. The lowest BCUT2D eigenvalue weighted by molar-refractivity contribution is 0.0343. The van der Waals surface area contributed by atoms with Crippen LogP contribution in [0.5, 0.6) is 0 Å². The van der Waals surface area contributed by atoms with Gasteiger partial charge in [0.2, 0.25) is 0 Å². The average Bonchev–Trinajstić information content (AvgIpc) is 2.89. The summed E-state index contributed by atoms with van der Waals surface area (Å²) in [6.07, 6.45) is 1.27. The van der Waals surface area contributed by atoms with E-state index < -0.39 is 5.60 Å². The third-order valence-electron chi connectivity index (χ3n) is 3.50. The highest BCUT2D eigenvalue weighted by Gasteiger charge is 2.40. The summed E-state index contributed by atoms with van der Waals surface area (Å²) in [5.41, 5.74) is 8.57. The second kappa shape index (κ2) is 3.95. The predicted octanol–water partition coefficient (Wildman–Crippen LogP) is 2.58. The standard InChI is InChI=1S/C14H15NOS/c15-13-8-14(16,7-10-5-6-17-9-10)12-4-2-1-3-11(12)13/h1-6,9,13,16H,7-8,15H2. The van der Waals surface area contributed by atoms with Crippen molar-refractivity contribution in [2.24, 2.45) is 5.73 Å². The van der Waals surface area contributed by atoms with Crippen molar-refractivity contribution in [1.82, 2.24) is 0 Å². The van der Waals surface area contributed by atoms with Crippen molar-refractivity contribution in [2.45, 2.75) is 24.5 Å². The van der Waals surface area contributed by atoms with Gasteiger partial charge in [-0.25, -0.2) is 0 Å². The summed E-state index contributed by atoms with van der Waals surface area (Å²) < 4.78 is 0. The van der Waals surface area contributed by atoms with Gasteiger partial charge in [-0.1, -0.05) is 24.3 Å². The topological polar surface area (TPSA) is 46.2 Å². The van der Waals surface area contributed by atoms with Gasteiger partial charge in [0.05, 0.1) is 5.60 Å². The van der Waals surface area contributed by atoms with Gasteiger partial charge in [-0.3, -0.25) is 0 Å². The summed E-state index contributed by atoms with van der Waals surface area (Å²) in [4.78, 5) is 0. The zero-order valence-electron chi connectivity index (χ0n) is 9.47. The minimum atomic E-state index is -0.795. The normalized spacial score (nSPS) is 27.1. The minimum Gasteiger partial charge on any atom is -0.385 e. The summed E-state index contributed by atoms with van der Waals surface area (Å²) in [5, 5.41) is 14.9. The summed E-state index contributed by atoms with van der Waals surface area (Å²) in [6, 6.07) is 9.98. The van der Waals surface area contributed by atoms with E-state index in [0.717, 1.165) is 11.1 Å². The second-order valence-corrected chi connectivity index (χ2v) is 5.52. The van der Waals surface area contributed by atoms with Crippen molar-refractivity contribution in [3.8, 4) is 0 Å². The van der Waals surface area contributed by atoms with E-state index in [1.807, 2.05) is 29.6 Å². The fraction of sp³-hybridized carbons (Fsp3) is 0.286. The summed E-state index contributed by atoms with van der Waals surface area (Å²) >= 11 is 1.66. The van der Waals surface area contributed by atoms with E-state index in [1.165, 1.54) is 5.56 Å². The van der Waals surface area contributed by atoms with Crippen LogP contribution in [0.1, 0.15) is 29.2 Å². The van der Waals surface area contributed by atoms with Crippen LogP contribution in [-0.2, 0) is 12.0 Å². The predicted molar refractivity (Wildman–Crippen MR) is 69.9 cm³/mol. The van der Waals surface area contributed by atoms with Crippen LogP contribution in [0.25, 0.3) is 0 Å². The molecule has 0 spiro atoms. The molecule has 0 aliphatic heterocycles. The number of nitrogens with two attached hydrogens (primary N) is 1. The molecule has 0 saturated heterocycles. The molecule has 1 aromatic carbocycles. The Balaban J connectivity index is 1.99. The van der Waals surface area contributed by atoms with Crippen LogP contribution >= 0.6 is 11.3 Å². The fourth-order valence-electron chi connectivity index (χ4n) is 2.73. The van der Waals surface area contributed by atoms with E-state index in [9.17, 15) is 5.11 Å². The highest BCUT2D eigenvalue weighted by atomic mass is 32.1. The van der Waals surface area contributed by atoms with E-state index in [4.69, 9.17) is 5.73 Å². The van der Waals surface area contributed by atoms with E-state index in [2.05, 4.69) is 11.4 Å². The first-order chi connectivity index (χ1) is 8.19. The van der Waals surface area contributed by atoms with Crippen LogP contribution in [0, 0.1) is 0 Å². The number of benzene rings is 1. The molecule has 2 aromatic rings. The number of hydrogen-bond donors (Lipinski definition) is 2. The molecule has 3 N–H and O–H groups in total. The van der Waals surface area contributed by atoms with Crippen molar-refractivity contribution >= 4 is 11.3 Å². The maximum absolute atomic E-state index is 10.8. The molecule has 0 saturated carbocycles. The van der Waals surface area contributed by atoms with E-state index in [0.29, 0.717) is 12.8 Å². The third kappa shape index (κ3) is 1.80. The van der Waals surface area contributed by atoms with Gasteiger partial charge in [0, 0.05) is 12.5 Å². The molecule has 3 rings (SSSR count). The van der Waals surface area contributed by atoms with Gasteiger partial charge in [0.25, 0.3) is 0 Å². The molecular formula is C14H15NOS. The van der Waals surface area contributed by atoms with Crippen LogP contribution in [0.15, 0.2) is 41.1 Å². The Labute approximate surface area is 105 Å². The molecule has 1 aliphatic rings. The van der Waals surface area contributed by atoms with Crippen molar-refractivity contribution in [3.05, 3.63) is 57.8 Å². The molecule has 1 heterocycles. The van der Waals surface area contributed by atoms with E-state index in [-0.39, 0.29) is 6.04 Å². The maximum Gasteiger partial charge on any atom is 0.0958 e. The van der Waals surface area contributed by atoms with Gasteiger partial charge < -0.3 is 10.8 Å². The van der Waals surface area contributed by atoms with E-state index in [1.54, 1.807) is 11.3 Å². The Morgan fingerprint density at radius 1 is 1.35 bits per heavy atom. The number of thiophene rings is 1. The molecule has 0 amide bonds. The molecule has 1 aromatic heterocycles. The third-order valence-corrected chi connectivity index (χ3v) is 4.23. The Morgan fingerprint density at radius 2 is 2.18 bits per heavy atom. The summed E-state index contributed by atoms with van der Waals surface area (Å²) in [5.74, 6) is 0. The van der Waals surface area contributed by atoms with Gasteiger partial charge in [0.1, 0.15) is 0 Å². The molecule has 0 radical (unpaired) electrons. The first-order valence-electron chi connectivity index (χ1n) is 5.77. The lowest BCUT2D eigenvalue weighted by Gasteiger charge is -2.23. The molecule has 0 bridgehead atoms. The first kappa shape index (κ1) is 11.0. The number of aliphatic hydroxyl groups is 1. The molecule has 17 heavy (non-hydrogen) atoms. The Morgan fingerprint density at radius 3 is 2.94 bits per heavy atom. The number of hydrogen-bond acceptors (Lipinski definition) is 3. The molecule has 1 aliphatic carbocycles. The lowest BCUT2D eigenvalue weighted by atomic mass is 9.90. The quantitative estimate of drug-likeness (QED) is 0.854. The lowest BCUT2D eigenvalue weighted by Crippen LogP contribution is -2.26. The molecule has 88 valence electrons. The van der Waals surface area contributed by atoms with Crippen LogP contribution in [0.3, 0.4) is 0 Å². The van der Waals surface area contributed by atoms with Crippen molar-refractivity contribution in [2.75, 3.05) is 0 Å². The number of fused-ring (bicyclic) bond motifs is 1.